The minimum Gasteiger partial charge on any atom is -0.493 e. The zero-order valence-corrected chi connectivity index (χ0v) is 20.6. The SMILES string of the molecule is CCOc1cc(C(=O)N/N=C/c2cc(Cl)c(OCC(N)=O)c(OC)c2)ccc1OCc1ccccc1. The normalized spacial score (nSPS) is 10.6. The molecule has 0 atom stereocenters. The van der Waals surface area contributed by atoms with Crippen molar-refractivity contribution in [2.24, 2.45) is 10.8 Å². The van der Waals surface area contributed by atoms with E-state index in [0.717, 1.165) is 5.56 Å². The number of amides is 2. The topological polar surface area (TPSA) is 121 Å². The molecule has 0 heterocycles. The first kappa shape index (κ1) is 26.4. The van der Waals surface area contributed by atoms with E-state index in [1.165, 1.54) is 13.3 Å². The molecule has 10 heteroatoms. The molecule has 3 N–H and O–H groups in total. The van der Waals surface area contributed by atoms with E-state index in [2.05, 4.69) is 10.5 Å². The van der Waals surface area contributed by atoms with Gasteiger partial charge in [0.15, 0.2) is 29.6 Å². The number of primary amides is 1. The highest BCUT2D eigenvalue weighted by molar-refractivity contribution is 6.32. The molecular weight excluding hydrogens is 486 g/mol. The molecule has 0 saturated carbocycles. The van der Waals surface area contributed by atoms with E-state index >= 15 is 0 Å². The number of nitrogens with two attached hydrogens (primary N) is 1. The lowest BCUT2D eigenvalue weighted by atomic mass is 10.2. The number of hydrogen-bond donors (Lipinski definition) is 2. The van der Waals surface area contributed by atoms with Gasteiger partial charge in [-0.2, -0.15) is 5.10 Å². The van der Waals surface area contributed by atoms with Gasteiger partial charge in [0.1, 0.15) is 6.61 Å². The highest BCUT2D eigenvalue weighted by atomic mass is 35.5. The largest absolute Gasteiger partial charge is 0.493 e. The lowest BCUT2D eigenvalue weighted by molar-refractivity contribution is -0.119. The molecule has 0 bridgehead atoms. The lowest BCUT2D eigenvalue weighted by Crippen LogP contribution is -2.20. The second-order valence-electron chi connectivity index (χ2n) is 7.36. The minimum atomic E-state index is -0.648. The first-order chi connectivity index (χ1) is 17.4. The van der Waals surface area contributed by atoms with Crippen molar-refractivity contribution in [1.82, 2.24) is 5.43 Å². The molecule has 0 aliphatic heterocycles. The Morgan fingerprint density at radius 1 is 1.00 bits per heavy atom. The lowest BCUT2D eigenvalue weighted by Gasteiger charge is -2.13. The van der Waals surface area contributed by atoms with Gasteiger partial charge in [-0.3, -0.25) is 9.59 Å². The van der Waals surface area contributed by atoms with E-state index in [-0.39, 0.29) is 23.1 Å². The molecule has 0 aliphatic carbocycles. The van der Waals surface area contributed by atoms with Crippen LogP contribution in [0, 0.1) is 0 Å². The van der Waals surface area contributed by atoms with Crippen LogP contribution in [-0.4, -0.2) is 38.4 Å². The molecule has 3 aromatic rings. The fourth-order valence-corrected chi connectivity index (χ4v) is 3.37. The molecule has 0 fully saturated rings. The Kier molecular flexibility index (Phi) is 9.53. The summed E-state index contributed by atoms with van der Waals surface area (Å²) in [5, 5.41) is 4.18. The molecule has 36 heavy (non-hydrogen) atoms. The molecule has 0 radical (unpaired) electrons. The molecule has 9 nitrogen and oxygen atoms in total. The number of hydrogen-bond acceptors (Lipinski definition) is 7. The monoisotopic (exact) mass is 511 g/mol. The molecule has 0 aromatic heterocycles. The van der Waals surface area contributed by atoms with Crippen LogP contribution in [-0.2, 0) is 11.4 Å². The maximum Gasteiger partial charge on any atom is 0.271 e. The molecule has 0 aliphatic rings. The van der Waals surface area contributed by atoms with Crippen molar-refractivity contribution < 1.29 is 28.5 Å². The Morgan fingerprint density at radius 2 is 1.78 bits per heavy atom. The van der Waals surface area contributed by atoms with Gasteiger partial charge in [0.2, 0.25) is 0 Å². The van der Waals surface area contributed by atoms with Gasteiger partial charge in [0, 0.05) is 5.56 Å². The fraction of sp³-hybridized carbons (Fsp3) is 0.192. The molecule has 2 amide bonds. The Balaban J connectivity index is 1.68. The number of halogens is 1. The van der Waals surface area contributed by atoms with Crippen LogP contribution in [0.5, 0.6) is 23.0 Å². The molecular formula is C26H26ClN3O6. The number of nitrogens with one attached hydrogen (secondary N) is 1. The summed E-state index contributed by atoms with van der Waals surface area (Å²) in [7, 11) is 1.43. The molecule has 0 unspecified atom stereocenters. The van der Waals surface area contributed by atoms with Gasteiger partial charge in [-0.05, 0) is 48.4 Å². The summed E-state index contributed by atoms with van der Waals surface area (Å²) in [6.07, 6.45) is 1.39. The van der Waals surface area contributed by atoms with Crippen molar-refractivity contribution in [1.29, 1.82) is 0 Å². The Hall–Kier alpha value is -4.24. The summed E-state index contributed by atoms with van der Waals surface area (Å²) in [6, 6.07) is 17.8. The third kappa shape index (κ3) is 7.38. The van der Waals surface area contributed by atoms with Crippen LogP contribution in [0.3, 0.4) is 0 Å². The summed E-state index contributed by atoms with van der Waals surface area (Å²) in [6.45, 7) is 2.28. The number of ether oxygens (including phenoxy) is 4. The number of carbonyl (C=O) groups excluding carboxylic acids is 2. The van der Waals surface area contributed by atoms with Crippen molar-refractivity contribution in [3.63, 3.8) is 0 Å². The first-order valence-electron chi connectivity index (χ1n) is 11.0. The van der Waals surface area contributed by atoms with Crippen molar-refractivity contribution in [3.05, 3.63) is 82.4 Å². The van der Waals surface area contributed by atoms with E-state index < -0.39 is 11.8 Å². The van der Waals surface area contributed by atoms with E-state index in [4.69, 9.17) is 36.3 Å². The molecule has 188 valence electrons. The standard InChI is InChI=1S/C26H26ClN3O6/c1-3-34-22-13-19(9-10-21(22)35-15-17-7-5-4-6-8-17)26(32)30-29-14-18-11-20(27)25(23(12-18)33-2)36-16-24(28)31/h4-14H,3,15-16H2,1-2H3,(H2,28,31)(H,30,32)/b29-14+. The van der Waals surface area contributed by atoms with Crippen LogP contribution in [0.2, 0.25) is 5.02 Å². The third-order valence-electron chi connectivity index (χ3n) is 4.73. The Labute approximate surface area is 213 Å². The molecule has 0 saturated heterocycles. The predicted octanol–water partition coefficient (Wildman–Crippen LogP) is 3.95. The number of benzene rings is 3. The van der Waals surface area contributed by atoms with E-state index in [1.54, 1.807) is 30.3 Å². The van der Waals surface area contributed by atoms with Crippen LogP contribution < -0.4 is 30.1 Å². The van der Waals surface area contributed by atoms with Crippen LogP contribution in [0.25, 0.3) is 0 Å². The summed E-state index contributed by atoms with van der Waals surface area (Å²) >= 11 is 6.23. The smallest absolute Gasteiger partial charge is 0.271 e. The van der Waals surface area contributed by atoms with E-state index in [1.807, 2.05) is 37.3 Å². The summed E-state index contributed by atoms with van der Waals surface area (Å²) in [5.74, 6) is 0.349. The van der Waals surface area contributed by atoms with Crippen molar-refractivity contribution in [2.75, 3.05) is 20.3 Å². The number of carbonyl (C=O) groups is 2. The quantitative estimate of drug-likeness (QED) is 0.280. The predicted molar refractivity (Wildman–Crippen MR) is 136 cm³/mol. The number of hydrazone groups is 1. The highest BCUT2D eigenvalue weighted by Crippen LogP contribution is 2.36. The zero-order chi connectivity index (χ0) is 25.9. The maximum absolute atomic E-state index is 12.6. The number of rotatable bonds is 12. The van der Waals surface area contributed by atoms with Crippen LogP contribution in [0.4, 0.5) is 0 Å². The highest BCUT2D eigenvalue weighted by Gasteiger charge is 2.14. The number of methoxy groups -OCH3 is 1. The Bertz CT molecular complexity index is 1230. The van der Waals surface area contributed by atoms with Gasteiger partial charge in [-0.1, -0.05) is 41.9 Å². The van der Waals surface area contributed by atoms with Gasteiger partial charge in [0.05, 0.1) is 25.0 Å². The third-order valence-corrected chi connectivity index (χ3v) is 5.01. The summed E-state index contributed by atoms with van der Waals surface area (Å²) in [5.41, 5.74) is 9.45. The fourth-order valence-electron chi connectivity index (χ4n) is 3.10. The van der Waals surface area contributed by atoms with Crippen molar-refractivity contribution >= 4 is 29.6 Å². The van der Waals surface area contributed by atoms with Gasteiger partial charge in [-0.15, -0.1) is 0 Å². The summed E-state index contributed by atoms with van der Waals surface area (Å²) in [4.78, 5) is 23.6. The maximum atomic E-state index is 12.6. The van der Waals surface area contributed by atoms with Gasteiger partial charge < -0.3 is 24.7 Å². The van der Waals surface area contributed by atoms with Crippen LogP contribution in [0.15, 0.2) is 65.8 Å². The second kappa shape index (κ2) is 13.0. The average Bonchev–Trinajstić information content (AvgIpc) is 2.87. The minimum absolute atomic E-state index is 0.178. The van der Waals surface area contributed by atoms with Crippen molar-refractivity contribution in [3.8, 4) is 23.0 Å². The van der Waals surface area contributed by atoms with E-state index in [9.17, 15) is 9.59 Å². The number of nitrogens with zero attached hydrogens (tertiary/aromatic N) is 1. The van der Waals surface area contributed by atoms with Crippen LogP contribution >= 0.6 is 11.6 Å². The summed E-state index contributed by atoms with van der Waals surface area (Å²) < 4.78 is 22.1. The van der Waals surface area contributed by atoms with Gasteiger partial charge in [-0.25, -0.2) is 5.43 Å². The van der Waals surface area contributed by atoms with Crippen molar-refractivity contribution in [2.45, 2.75) is 13.5 Å². The zero-order valence-electron chi connectivity index (χ0n) is 19.8. The molecule has 0 spiro atoms. The molecule has 3 rings (SSSR count). The first-order valence-corrected chi connectivity index (χ1v) is 11.3. The second-order valence-corrected chi connectivity index (χ2v) is 7.76. The Morgan fingerprint density at radius 3 is 2.47 bits per heavy atom. The van der Waals surface area contributed by atoms with Gasteiger partial charge in [0.25, 0.3) is 11.8 Å². The van der Waals surface area contributed by atoms with Crippen LogP contribution in [0.1, 0.15) is 28.4 Å². The molecule has 3 aromatic carbocycles. The average molecular weight is 512 g/mol. The van der Waals surface area contributed by atoms with E-state index in [0.29, 0.717) is 35.8 Å². The van der Waals surface area contributed by atoms with Gasteiger partial charge >= 0.3 is 0 Å².